The van der Waals surface area contributed by atoms with Gasteiger partial charge >= 0.3 is 0 Å². The van der Waals surface area contributed by atoms with Gasteiger partial charge in [-0.15, -0.1) is 11.3 Å². The maximum absolute atomic E-state index is 3.69. The van der Waals surface area contributed by atoms with Crippen molar-refractivity contribution in [1.82, 2.24) is 10.2 Å². The van der Waals surface area contributed by atoms with E-state index in [0.29, 0.717) is 0 Å². The molecule has 0 bridgehead atoms. The number of hydrogen-bond donors (Lipinski definition) is 1. The number of hydrogen-bond acceptors (Lipinski definition) is 3. The van der Waals surface area contributed by atoms with Gasteiger partial charge in [-0.3, -0.25) is 4.90 Å². The van der Waals surface area contributed by atoms with Crippen LogP contribution in [0.15, 0.2) is 42.5 Å². The molecular weight excluding hydrogens is 264 g/mol. The number of benzene rings is 1. The van der Waals surface area contributed by atoms with Crippen LogP contribution in [-0.2, 0) is 12.1 Å². The summed E-state index contributed by atoms with van der Waals surface area (Å²) in [6.07, 6.45) is 0. The van der Waals surface area contributed by atoms with Crippen LogP contribution >= 0.6 is 11.3 Å². The van der Waals surface area contributed by atoms with Gasteiger partial charge in [0.2, 0.25) is 0 Å². The third kappa shape index (κ3) is 2.95. The molecule has 0 aliphatic carbocycles. The topological polar surface area (TPSA) is 15.3 Å². The first-order valence-electron chi connectivity index (χ1n) is 7.24. The van der Waals surface area contributed by atoms with Crippen LogP contribution in [0.5, 0.6) is 0 Å². The zero-order valence-electron chi connectivity index (χ0n) is 12.2. The van der Waals surface area contributed by atoms with Gasteiger partial charge in [-0.05, 0) is 31.5 Å². The van der Waals surface area contributed by atoms with Crippen LogP contribution in [0.3, 0.4) is 0 Å². The SMILES string of the molecule is Cc1ccc(CN2CCNC(C)(c3ccccc3)C2)s1. The van der Waals surface area contributed by atoms with E-state index in [4.69, 9.17) is 0 Å². The van der Waals surface area contributed by atoms with Crippen LogP contribution in [0.1, 0.15) is 22.2 Å². The number of thiophene rings is 1. The summed E-state index contributed by atoms with van der Waals surface area (Å²) in [7, 11) is 0. The van der Waals surface area contributed by atoms with Gasteiger partial charge in [0.25, 0.3) is 0 Å². The van der Waals surface area contributed by atoms with Crippen molar-refractivity contribution >= 4 is 11.3 Å². The second-order valence-electron chi connectivity index (χ2n) is 5.85. The van der Waals surface area contributed by atoms with E-state index < -0.39 is 0 Å². The van der Waals surface area contributed by atoms with Gasteiger partial charge in [0.1, 0.15) is 0 Å². The molecule has 1 fully saturated rings. The second kappa shape index (κ2) is 5.68. The molecule has 3 rings (SSSR count). The van der Waals surface area contributed by atoms with E-state index in [0.717, 1.165) is 26.2 Å². The summed E-state index contributed by atoms with van der Waals surface area (Å²) in [5.41, 5.74) is 1.44. The zero-order chi connectivity index (χ0) is 14.0. The van der Waals surface area contributed by atoms with Gasteiger partial charge in [0.15, 0.2) is 0 Å². The first kappa shape index (κ1) is 13.8. The average Bonchev–Trinajstić information content (AvgIpc) is 2.85. The molecule has 20 heavy (non-hydrogen) atoms. The highest BCUT2D eigenvalue weighted by molar-refractivity contribution is 7.11. The van der Waals surface area contributed by atoms with Gasteiger partial charge in [-0.2, -0.15) is 0 Å². The van der Waals surface area contributed by atoms with Gasteiger partial charge in [0.05, 0.1) is 5.54 Å². The van der Waals surface area contributed by atoms with Gasteiger partial charge in [0, 0.05) is 35.9 Å². The van der Waals surface area contributed by atoms with Crippen LogP contribution < -0.4 is 5.32 Å². The summed E-state index contributed by atoms with van der Waals surface area (Å²) in [5, 5.41) is 3.69. The summed E-state index contributed by atoms with van der Waals surface area (Å²) < 4.78 is 0. The lowest BCUT2D eigenvalue weighted by Gasteiger charge is -2.41. The Balaban J connectivity index is 1.73. The van der Waals surface area contributed by atoms with E-state index in [2.05, 4.69) is 66.5 Å². The fourth-order valence-corrected chi connectivity index (χ4v) is 3.93. The lowest BCUT2D eigenvalue weighted by atomic mass is 9.89. The second-order valence-corrected chi connectivity index (χ2v) is 7.22. The molecule has 2 nitrogen and oxygen atoms in total. The maximum Gasteiger partial charge on any atom is 0.0535 e. The molecule has 106 valence electrons. The molecule has 1 N–H and O–H groups in total. The normalized spacial score (nSPS) is 23.9. The Morgan fingerprint density at radius 3 is 2.70 bits per heavy atom. The zero-order valence-corrected chi connectivity index (χ0v) is 13.0. The Bertz CT molecular complexity index is 563. The molecule has 0 saturated carbocycles. The van der Waals surface area contributed by atoms with E-state index in [1.165, 1.54) is 15.3 Å². The van der Waals surface area contributed by atoms with E-state index in [1.54, 1.807) is 0 Å². The summed E-state index contributed by atoms with van der Waals surface area (Å²) >= 11 is 1.92. The lowest BCUT2D eigenvalue weighted by Crippen LogP contribution is -2.56. The minimum Gasteiger partial charge on any atom is -0.305 e. The molecule has 1 aliphatic heterocycles. The van der Waals surface area contributed by atoms with Crippen molar-refractivity contribution in [1.29, 1.82) is 0 Å². The highest BCUT2D eigenvalue weighted by Gasteiger charge is 2.32. The van der Waals surface area contributed by atoms with Crippen LogP contribution in [0.4, 0.5) is 0 Å². The Kier molecular flexibility index (Phi) is 3.92. The number of nitrogens with zero attached hydrogens (tertiary/aromatic N) is 1. The first-order valence-corrected chi connectivity index (χ1v) is 8.06. The monoisotopic (exact) mass is 286 g/mol. The van der Waals surface area contributed by atoms with Crippen LogP contribution in [0.2, 0.25) is 0 Å². The molecule has 3 heteroatoms. The third-order valence-corrected chi connectivity index (χ3v) is 5.05. The van der Waals surface area contributed by atoms with Crippen molar-refractivity contribution in [3.8, 4) is 0 Å². The van der Waals surface area contributed by atoms with Crippen LogP contribution in [-0.4, -0.2) is 24.5 Å². The van der Waals surface area contributed by atoms with Crippen molar-refractivity contribution in [3.05, 3.63) is 57.8 Å². The van der Waals surface area contributed by atoms with E-state index in [-0.39, 0.29) is 5.54 Å². The minimum atomic E-state index is 0.0613. The van der Waals surface area contributed by atoms with Crippen molar-refractivity contribution < 1.29 is 0 Å². The molecular formula is C17H22N2S. The van der Waals surface area contributed by atoms with E-state index in [1.807, 2.05) is 11.3 Å². The van der Waals surface area contributed by atoms with Crippen molar-refractivity contribution in [3.63, 3.8) is 0 Å². The molecule has 1 aliphatic rings. The Hall–Kier alpha value is -1.16. The smallest absolute Gasteiger partial charge is 0.0535 e. The number of piperazine rings is 1. The summed E-state index contributed by atoms with van der Waals surface area (Å²) in [4.78, 5) is 5.44. The largest absolute Gasteiger partial charge is 0.305 e. The summed E-state index contributed by atoms with van der Waals surface area (Å²) in [6, 6.07) is 15.3. The summed E-state index contributed by atoms with van der Waals surface area (Å²) in [6.45, 7) is 8.81. The standard InChI is InChI=1S/C17H22N2S/c1-14-8-9-16(20-14)12-19-11-10-18-17(2,13-19)15-6-4-3-5-7-15/h3-9,18H,10-13H2,1-2H3. The third-order valence-electron chi connectivity index (χ3n) is 4.07. The van der Waals surface area contributed by atoms with Crippen LogP contribution in [0.25, 0.3) is 0 Å². The number of rotatable bonds is 3. The highest BCUT2D eigenvalue weighted by atomic mass is 32.1. The fourth-order valence-electron chi connectivity index (χ4n) is 3.00. The number of aryl methyl sites for hydroxylation is 1. The highest BCUT2D eigenvalue weighted by Crippen LogP contribution is 2.26. The molecule has 1 unspecified atom stereocenters. The van der Waals surface area contributed by atoms with Crippen molar-refractivity contribution in [2.75, 3.05) is 19.6 Å². The van der Waals surface area contributed by atoms with E-state index >= 15 is 0 Å². The predicted octanol–water partition coefficient (Wildman–Crippen LogP) is 3.38. The quantitative estimate of drug-likeness (QED) is 0.930. The maximum atomic E-state index is 3.69. The molecule has 1 atom stereocenters. The number of nitrogens with one attached hydrogen (secondary N) is 1. The molecule has 0 radical (unpaired) electrons. The van der Waals surface area contributed by atoms with Gasteiger partial charge in [-0.25, -0.2) is 0 Å². The Labute approximate surface area is 125 Å². The molecule has 1 aromatic heterocycles. The minimum absolute atomic E-state index is 0.0613. The van der Waals surface area contributed by atoms with Gasteiger partial charge in [-0.1, -0.05) is 30.3 Å². The summed E-state index contributed by atoms with van der Waals surface area (Å²) in [5.74, 6) is 0. The average molecular weight is 286 g/mol. The first-order chi connectivity index (χ1) is 9.66. The molecule has 2 heterocycles. The molecule has 0 amide bonds. The molecule has 1 aromatic carbocycles. The molecule has 1 saturated heterocycles. The van der Waals surface area contributed by atoms with Crippen molar-refractivity contribution in [2.45, 2.75) is 25.9 Å². The molecule has 0 spiro atoms. The van der Waals surface area contributed by atoms with E-state index in [9.17, 15) is 0 Å². The van der Waals surface area contributed by atoms with Gasteiger partial charge < -0.3 is 5.32 Å². The molecule has 2 aromatic rings. The van der Waals surface area contributed by atoms with Crippen molar-refractivity contribution in [2.24, 2.45) is 0 Å². The fraction of sp³-hybridized carbons (Fsp3) is 0.412. The Morgan fingerprint density at radius 1 is 1.20 bits per heavy atom. The van der Waals surface area contributed by atoms with Crippen LogP contribution in [0, 0.1) is 6.92 Å². The predicted molar refractivity (Wildman–Crippen MR) is 86.1 cm³/mol. The Morgan fingerprint density at radius 2 is 2.00 bits per heavy atom. The lowest BCUT2D eigenvalue weighted by molar-refractivity contribution is 0.137.